The first-order valence-electron chi connectivity index (χ1n) is 5.03. The zero-order chi connectivity index (χ0) is 9.54. The maximum Gasteiger partial charge on any atom is 0.141 e. The van der Waals surface area contributed by atoms with Crippen LogP contribution in [0.25, 0.3) is 0 Å². The number of hydrogen-bond donors (Lipinski definition) is 1. The van der Waals surface area contributed by atoms with Crippen LogP contribution in [0.3, 0.4) is 0 Å². The largest absolute Gasteiger partial charge is 0.491 e. The van der Waals surface area contributed by atoms with Crippen LogP contribution in [0, 0.1) is 0 Å². The first-order valence-corrected chi connectivity index (χ1v) is 5.41. The second kappa shape index (κ2) is 3.14. The van der Waals surface area contributed by atoms with Crippen LogP contribution in [-0.4, -0.2) is 13.2 Å². The highest BCUT2D eigenvalue weighted by molar-refractivity contribution is 6.32. The average Bonchev–Trinajstić information content (AvgIpc) is 2.48. The predicted molar refractivity (Wildman–Crippen MR) is 56.0 cm³/mol. The van der Waals surface area contributed by atoms with Crippen molar-refractivity contribution < 1.29 is 4.74 Å². The number of nitrogens with one attached hydrogen (secondary N) is 1. The summed E-state index contributed by atoms with van der Waals surface area (Å²) < 4.78 is 5.46. The van der Waals surface area contributed by atoms with E-state index < -0.39 is 0 Å². The van der Waals surface area contributed by atoms with Crippen LogP contribution >= 0.6 is 11.6 Å². The van der Waals surface area contributed by atoms with Gasteiger partial charge in [0.05, 0.1) is 11.6 Å². The van der Waals surface area contributed by atoms with Gasteiger partial charge in [-0.05, 0) is 30.2 Å². The van der Waals surface area contributed by atoms with Crippen molar-refractivity contribution >= 4 is 11.6 Å². The van der Waals surface area contributed by atoms with E-state index in [4.69, 9.17) is 16.3 Å². The van der Waals surface area contributed by atoms with Gasteiger partial charge in [0.1, 0.15) is 5.75 Å². The van der Waals surface area contributed by atoms with E-state index >= 15 is 0 Å². The fourth-order valence-corrected chi connectivity index (χ4v) is 2.36. The summed E-state index contributed by atoms with van der Waals surface area (Å²) in [4.78, 5) is 0. The number of benzene rings is 1. The highest BCUT2D eigenvalue weighted by Gasteiger charge is 2.23. The van der Waals surface area contributed by atoms with Crippen LogP contribution in [-0.2, 0) is 6.42 Å². The number of halogens is 1. The van der Waals surface area contributed by atoms with Crippen molar-refractivity contribution in [1.29, 1.82) is 0 Å². The van der Waals surface area contributed by atoms with E-state index in [1.54, 1.807) is 0 Å². The summed E-state index contributed by atoms with van der Waals surface area (Å²) in [5.41, 5.74) is 2.58. The summed E-state index contributed by atoms with van der Waals surface area (Å²) in [6.45, 7) is 1.90. The molecule has 2 aliphatic rings. The van der Waals surface area contributed by atoms with Gasteiger partial charge in [-0.3, -0.25) is 0 Å². The molecule has 3 rings (SSSR count). The first kappa shape index (κ1) is 8.57. The van der Waals surface area contributed by atoms with Crippen molar-refractivity contribution in [3.8, 4) is 5.75 Å². The molecule has 1 aromatic rings. The van der Waals surface area contributed by atoms with Gasteiger partial charge in [0.15, 0.2) is 0 Å². The Balaban J connectivity index is 2.02. The van der Waals surface area contributed by atoms with Gasteiger partial charge in [-0.15, -0.1) is 0 Å². The smallest absolute Gasteiger partial charge is 0.141 e. The maximum atomic E-state index is 6.15. The SMILES string of the molecule is Clc1cc([C@H]2CCN2)cc2c1OCC2. The Morgan fingerprint density at radius 1 is 1.43 bits per heavy atom. The molecule has 0 aromatic heterocycles. The molecule has 3 heteroatoms. The van der Waals surface area contributed by atoms with Crippen molar-refractivity contribution in [2.24, 2.45) is 0 Å². The Labute approximate surface area is 88.2 Å². The van der Waals surface area contributed by atoms with Crippen molar-refractivity contribution in [1.82, 2.24) is 5.32 Å². The molecule has 0 spiro atoms. The second-order valence-corrected chi connectivity index (χ2v) is 4.29. The minimum absolute atomic E-state index is 0.512. The summed E-state index contributed by atoms with van der Waals surface area (Å²) in [5.74, 6) is 0.898. The molecular formula is C11H12ClNO. The molecule has 1 atom stereocenters. The standard InChI is InChI=1S/C11H12ClNO/c12-9-6-8(10-1-3-13-10)5-7-2-4-14-11(7)9/h5-6,10,13H,1-4H2/t10-/m1/s1. The van der Waals surface area contributed by atoms with E-state index in [0.29, 0.717) is 6.04 Å². The zero-order valence-electron chi connectivity index (χ0n) is 7.85. The molecule has 1 saturated heterocycles. The number of hydrogen-bond acceptors (Lipinski definition) is 2. The van der Waals surface area contributed by atoms with Gasteiger partial charge in [-0.2, -0.15) is 0 Å². The third-order valence-corrected chi connectivity index (χ3v) is 3.27. The highest BCUT2D eigenvalue weighted by atomic mass is 35.5. The van der Waals surface area contributed by atoms with E-state index in [1.165, 1.54) is 17.5 Å². The first-order chi connectivity index (χ1) is 6.84. The molecule has 1 fully saturated rings. The zero-order valence-corrected chi connectivity index (χ0v) is 8.60. The monoisotopic (exact) mass is 209 g/mol. The summed E-state index contributed by atoms with van der Waals surface area (Å²) >= 11 is 6.15. The summed E-state index contributed by atoms with van der Waals surface area (Å²) in [5, 5.41) is 4.15. The minimum Gasteiger partial charge on any atom is -0.491 e. The van der Waals surface area contributed by atoms with Gasteiger partial charge in [0.25, 0.3) is 0 Å². The predicted octanol–water partition coefficient (Wildman–Crippen LogP) is 2.31. The number of ether oxygens (including phenoxy) is 1. The molecule has 74 valence electrons. The van der Waals surface area contributed by atoms with Crippen LogP contribution in [0.1, 0.15) is 23.6 Å². The fourth-order valence-electron chi connectivity index (χ4n) is 2.06. The molecule has 0 amide bonds. The van der Waals surface area contributed by atoms with Gasteiger partial charge in [-0.25, -0.2) is 0 Å². The Morgan fingerprint density at radius 3 is 3.00 bits per heavy atom. The van der Waals surface area contributed by atoms with E-state index in [1.807, 2.05) is 6.07 Å². The van der Waals surface area contributed by atoms with Crippen LogP contribution in [0.5, 0.6) is 5.75 Å². The Hall–Kier alpha value is -0.730. The molecule has 1 N–H and O–H groups in total. The van der Waals surface area contributed by atoms with E-state index in [9.17, 15) is 0 Å². The lowest BCUT2D eigenvalue weighted by Gasteiger charge is -2.28. The van der Waals surface area contributed by atoms with Crippen molar-refractivity contribution in [3.05, 3.63) is 28.3 Å². The van der Waals surface area contributed by atoms with Gasteiger partial charge in [-0.1, -0.05) is 17.7 Å². The second-order valence-electron chi connectivity index (χ2n) is 3.88. The van der Waals surface area contributed by atoms with Crippen LogP contribution in [0.4, 0.5) is 0 Å². The summed E-state index contributed by atoms with van der Waals surface area (Å²) in [6.07, 6.45) is 2.21. The Morgan fingerprint density at radius 2 is 2.29 bits per heavy atom. The van der Waals surface area contributed by atoms with Crippen molar-refractivity contribution in [2.75, 3.05) is 13.2 Å². The molecule has 0 unspecified atom stereocenters. The van der Waals surface area contributed by atoms with Crippen LogP contribution < -0.4 is 10.1 Å². The maximum absolute atomic E-state index is 6.15. The lowest BCUT2D eigenvalue weighted by Crippen LogP contribution is -2.34. The molecule has 2 heterocycles. The van der Waals surface area contributed by atoms with Crippen LogP contribution in [0.15, 0.2) is 12.1 Å². The molecule has 14 heavy (non-hydrogen) atoms. The van der Waals surface area contributed by atoms with Gasteiger partial charge >= 0.3 is 0 Å². The average molecular weight is 210 g/mol. The lowest BCUT2D eigenvalue weighted by atomic mass is 9.96. The molecule has 0 bridgehead atoms. The fraction of sp³-hybridized carbons (Fsp3) is 0.455. The van der Waals surface area contributed by atoms with Crippen molar-refractivity contribution in [2.45, 2.75) is 18.9 Å². The van der Waals surface area contributed by atoms with E-state index in [-0.39, 0.29) is 0 Å². The topological polar surface area (TPSA) is 21.3 Å². The third kappa shape index (κ3) is 1.22. The van der Waals surface area contributed by atoms with Crippen molar-refractivity contribution in [3.63, 3.8) is 0 Å². The van der Waals surface area contributed by atoms with E-state index in [0.717, 1.165) is 30.3 Å². The summed E-state index contributed by atoms with van der Waals surface area (Å²) in [7, 11) is 0. The Kier molecular flexibility index (Phi) is 1.92. The molecule has 0 radical (unpaired) electrons. The highest BCUT2D eigenvalue weighted by Crippen LogP contribution is 2.37. The quantitative estimate of drug-likeness (QED) is 0.767. The van der Waals surface area contributed by atoms with Gasteiger partial charge in [0, 0.05) is 12.5 Å². The number of fused-ring (bicyclic) bond motifs is 1. The Bertz CT molecular complexity index is 374. The molecule has 0 aliphatic carbocycles. The molecule has 0 saturated carbocycles. The van der Waals surface area contributed by atoms with Gasteiger partial charge in [0.2, 0.25) is 0 Å². The molecular weight excluding hydrogens is 198 g/mol. The number of rotatable bonds is 1. The minimum atomic E-state index is 0.512. The molecule has 1 aromatic carbocycles. The molecule has 2 aliphatic heterocycles. The normalized spacial score (nSPS) is 23.9. The third-order valence-electron chi connectivity index (χ3n) is 2.99. The lowest BCUT2D eigenvalue weighted by molar-refractivity contribution is 0.356. The van der Waals surface area contributed by atoms with Crippen LogP contribution in [0.2, 0.25) is 5.02 Å². The molecule has 2 nitrogen and oxygen atoms in total. The van der Waals surface area contributed by atoms with Gasteiger partial charge < -0.3 is 10.1 Å². The van der Waals surface area contributed by atoms with E-state index in [2.05, 4.69) is 11.4 Å². The summed E-state index contributed by atoms with van der Waals surface area (Å²) in [6, 6.07) is 4.77.